The third kappa shape index (κ3) is 4.18. The minimum atomic E-state index is -0.789. The Balaban J connectivity index is 1.69. The second kappa shape index (κ2) is 7.96. The smallest absolute Gasteiger partial charge is 0.257 e. The molecule has 1 atom stereocenters. The highest BCUT2D eigenvalue weighted by Crippen LogP contribution is 2.35. The molecule has 1 aliphatic rings. The van der Waals surface area contributed by atoms with Crippen molar-refractivity contribution in [3.05, 3.63) is 86.2 Å². The third-order valence-corrected chi connectivity index (χ3v) is 5.83. The van der Waals surface area contributed by atoms with Crippen molar-refractivity contribution in [2.75, 3.05) is 5.32 Å². The molecule has 148 valence electrons. The molecule has 9 heteroatoms. The fourth-order valence-electron chi connectivity index (χ4n) is 3.24. The molecule has 0 unspecified atom stereocenters. The lowest BCUT2D eigenvalue weighted by Crippen LogP contribution is -2.31. The number of halogens is 3. The van der Waals surface area contributed by atoms with E-state index in [1.54, 1.807) is 6.07 Å². The van der Waals surface area contributed by atoms with Crippen LogP contribution in [-0.4, -0.2) is 15.9 Å². The van der Waals surface area contributed by atoms with E-state index in [-0.39, 0.29) is 29.3 Å². The standard InChI is InChI=1S/C20H14ClF2N3O2S/c21-15-4-2-1-3-10(15)9-29-20-25-18-17(19(28)26-20)14(8-16(27)24-18)11-5-12(22)7-13(23)6-11/h1-7,14H,8-9H2,(H2,24,25,26,27,28)/t14-/m1/s1. The number of H-pyrrole nitrogens is 1. The van der Waals surface area contributed by atoms with Crippen molar-refractivity contribution >= 4 is 35.1 Å². The van der Waals surface area contributed by atoms with E-state index in [1.807, 2.05) is 18.2 Å². The number of nitrogens with zero attached hydrogens (tertiary/aromatic N) is 1. The molecular formula is C20H14ClF2N3O2S. The summed E-state index contributed by atoms with van der Waals surface area (Å²) in [5.74, 6) is -2.16. The number of nitrogens with one attached hydrogen (secondary N) is 2. The van der Waals surface area contributed by atoms with Crippen molar-refractivity contribution in [1.82, 2.24) is 9.97 Å². The van der Waals surface area contributed by atoms with E-state index in [9.17, 15) is 18.4 Å². The number of hydrogen-bond acceptors (Lipinski definition) is 4. The Bertz CT molecular complexity index is 1150. The summed E-state index contributed by atoms with van der Waals surface area (Å²) in [5.41, 5.74) is 0.794. The van der Waals surface area contributed by atoms with Crippen LogP contribution in [0.3, 0.4) is 0 Å². The van der Waals surface area contributed by atoms with Crippen molar-refractivity contribution in [3.8, 4) is 0 Å². The van der Waals surface area contributed by atoms with Crippen molar-refractivity contribution in [1.29, 1.82) is 0 Å². The molecule has 0 spiro atoms. The van der Waals surface area contributed by atoms with Crippen molar-refractivity contribution in [3.63, 3.8) is 0 Å². The number of benzene rings is 2. The van der Waals surface area contributed by atoms with Gasteiger partial charge in [0.2, 0.25) is 5.91 Å². The Morgan fingerprint density at radius 3 is 2.59 bits per heavy atom. The normalized spacial score (nSPS) is 15.7. The quantitative estimate of drug-likeness (QED) is 0.470. The van der Waals surface area contributed by atoms with Crippen LogP contribution in [0.25, 0.3) is 0 Å². The number of aromatic amines is 1. The van der Waals surface area contributed by atoms with E-state index < -0.39 is 23.1 Å². The molecule has 0 bridgehead atoms. The molecule has 2 N–H and O–H groups in total. The molecule has 1 aromatic heterocycles. The molecule has 0 radical (unpaired) electrons. The second-order valence-corrected chi connectivity index (χ2v) is 7.89. The molecule has 2 heterocycles. The van der Waals surface area contributed by atoms with Gasteiger partial charge in [0.1, 0.15) is 17.5 Å². The van der Waals surface area contributed by atoms with E-state index in [0.29, 0.717) is 15.9 Å². The Morgan fingerprint density at radius 1 is 1.14 bits per heavy atom. The van der Waals surface area contributed by atoms with E-state index in [2.05, 4.69) is 15.3 Å². The first-order valence-electron chi connectivity index (χ1n) is 8.67. The highest BCUT2D eigenvalue weighted by Gasteiger charge is 2.31. The van der Waals surface area contributed by atoms with Gasteiger partial charge < -0.3 is 10.3 Å². The third-order valence-electron chi connectivity index (χ3n) is 4.54. The maximum absolute atomic E-state index is 13.7. The molecule has 1 aliphatic heterocycles. The van der Waals surface area contributed by atoms with Crippen molar-refractivity contribution < 1.29 is 13.6 Å². The number of hydrogen-bond donors (Lipinski definition) is 2. The number of thioether (sulfide) groups is 1. The first-order chi connectivity index (χ1) is 13.9. The van der Waals surface area contributed by atoms with Gasteiger partial charge in [0, 0.05) is 29.2 Å². The average molecular weight is 434 g/mol. The van der Waals surface area contributed by atoms with Crippen LogP contribution < -0.4 is 10.9 Å². The molecule has 1 amide bonds. The van der Waals surface area contributed by atoms with Gasteiger partial charge in [-0.05, 0) is 29.3 Å². The average Bonchev–Trinajstić information content (AvgIpc) is 2.65. The van der Waals surface area contributed by atoms with Gasteiger partial charge in [-0.3, -0.25) is 9.59 Å². The summed E-state index contributed by atoms with van der Waals surface area (Å²) in [5, 5.41) is 3.49. The summed E-state index contributed by atoms with van der Waals surface area (Å²) in [6, 6.07) is 10.3. The van der Waals surface area contributed by atoms with Crippen LogP contribution in [0.2, 0.25) is 5.02 Å². The molecule has 29 heavy (non-hydrogen) atoms. The lowest BCUT2D eigenvalue weighted by molar-refractivity contribution is -0.116. The van der Waals surface area contributed by atoms with E-state index in [0.717, 1.165) is 23.8 Å². The first-order valence-corrected chi connectivity index (χ1v) is 10.0. The molecule has 4 rings (SSSR count). The fourth-order valence-corrected chi connectivity index (χ4v) is 4.39. The minimum absolute atomic E-state index is 0.0985. The maximum atomic E-state index is 13.7. The van der Waals surface area contributed by atoms with Gasteiger partial charge in [0.25, 0.3) is 5.56 Å². The van der Waals surface area contributed by atoms with E-state index in [1.165, 1.54) is 11.8 Å². The molecule has 0 fully saturated rings. The Kier molecular flexibility index (Phi) is 5.38. The number of carbonyl (C=O) groups excluding carboxylic acids is 1. The molecule has 0 aliphatic carbocycles. The summed E-state index contributed by atoms with van der Waals surface area (Å²) >= 11 is 7.40. The predicted molar refractivity (Wildman–Crippen MR) is 107 cm³/mol. The number of anilines is 1. The molecule has 3 aromatic rings. The van der Waals surface area contributed by atoms with Gasteiger partial charge in [0.15, 0.2) is 5.16 Å². The maximum Gasteiger partial charge on any atom is 0.257 e. The van der Waals surface area contributed by atoms with Crippen LogP contribution in [0.5, 0.6) is 0 Å². The van der Waals surface area contributed by atoms with Crippen LogP contribution in [-0.2, 0) is 10.5 Å². The Hall–Kier alpha value is -2.71. The Morgan fingerprint density at radius 2 is 1.86 bits per heavy atom. The van der Waals surface area contributed by atoms with Crippen molar-refractivity contribution in [2.24, 2.45) is 0 Å². The zero-order chi connectivity index (χ0) is 20.5. The van der Waals surface area contributed by atoms with Gasteiger partial charge >= 0.3 is 0 Å². The Labute approximate surface area is 173 Å². The monoisotopic (exact) mass is 433 g/mol. The minimum Gasteiger partial charge on any atom is -0.310 e. The van der Waals surface area contributed by atoms with Crippen LogP contribution in [0, 0.1) is 11.6 Å². The fraction of sp³-hybridized carbons (Fsp3) is 0.150. The highest BCUT2D eigenvalue weighted by atomic mass is 35.5. The molecule has 0 saturated carbocycles. The number of aromatic nitrogens is 2. The zero-order valence-corrected chi connectivity index (χ0v) is 16.4. The predicted octanol–water partition coefficient (Wildman–Crippen LogP) is 4.47. The summed E-state index contributed by atoms with van der Waals surface area (Å²) in [7, 11) is 0. The van der Waals surface area contributed by atoms with Gasteiger partial charge in [-0.15, -0.1) is 0 Å². The number of rotatable bonds is 4. The SMILES string of the molecule is O=C1C[C@H](c2cc(F)cc(F)c2)c2c(nc(SCc3ccccc3Cl)[nH]c2=O)N1. The van der Waals surface area contributed by atoms with Gasteiger partial charge in [-0.25, -0.2) is 13.8 Å². The van der Waals surface area contributed by atoms with Gasteiger partial charge in [0.05, 0.1) is 5.56 Å². The summed E-state index contributed by atoms with van der Waals surface area (Å²) in [4.78, 5) is 31.9. The summed E-state index contributed by atoms with van der Waals surface area (Å²) < 4.78 is 27.3. The van der Waals surface area contributed by atoms with Crippen molar-refractivity contribution in [2.45, 2.75) is 23.2 Å². The topological polar surface area (TPSA) is 74.8 Å². The summed E-state index contributed by atoms with van der Waals surface area (Å²) in [6.07, 6.45) is -0.104. The molecule has 5 nitrogen and oxygen atoms in total. The first kappa shape index (κ1) is 19.6. The van der Waals surface area contributed by atoms with Gasteiger partial charge in [-0.2, -0.15) is 0 Å². The largest absolute Gasteiger partial charge is 0.310 e. The molecular weight excluding hydrogens is 420 g/mol. The molecule has 0 saturated heterocycles. The van der Waals surface area contributed by atoms with E-state index >= 15 is 0 Å². The molecule has 2 aromatic carbocycles. The summed E-state index contributed by atoms with van der Waals surface area (Å²) in [6.45, 7) is 0. The zero-order valence-electron chi connectivity index (χ0n) is 14.8. The second-order valence-electron chi connectivity index (χ2n) is 6.52. The number of fused-ring (bicyclic) bond motifs is 1. The number of carbonyl (C=O) groups is 1. The highest BCUT2D eigenvalue weighted by molar-refractivity contribution is 7.98. The van der Waals surface area contributed by atoms with Crippen LogP contribution in [0.4, 0.5) is 14.6 Å². The van der Waals surface area contributed by atoms with Crippen LogP contribution in [0.1, 0.15) is 29.0 Å². The van der Waals surface area contributed by atoms with Crippen LogP contribution in [0.15, 0.2) is 52.4 Å². The van der Waals surface area contributed by atoms with Crippen LogP contribution >= 0.6 is 23.4 Å². The lowest BCUT2D eigenvalue weighted by Gasteiger charge is -2.24. The van der Waals surface area contributed by atoms with E-state index in [4.69, 9.17) is 11.6 Å². The lowest BCUT2D eigenvalue weighted by atomic mass is 9.87. The van der Waals surface area contributed by atoms with Gasteiger partial charge in [-0.1, -0.05) is 41.6 Å². The number of amides is 1.